The van der Waals surface area contributed by atoms with Crippen molar-refractivity contribution in [2.45, 2.75) is 65.5 Å². The third-order valence-corrected chi connectivity index (χ3v) is 6.35. The quantitative estimate of drug-likeness (QED) is 0.799. The molecule has 0 fully saturated rings. The van der Waals surface area contributed by atoms with Crippen LogP contribution in [0.1, 0.15) is 56.9 Å². The van der Waals surface area contributed by atoms with Crippen LogP contribution in [-0.4, -0.2) is 28.7 Å². The number of fused-ring (bicyclic) bond motifs is 2. The summed E-state index contributed by atoms with van der Waals surface area (Å²) in [4.78, 5) is 9.20. The van der Waals surface area contributed by atoms with E-state index in [1.165, 1.54) is 11.1 Å². The Morgan fingerprint density at radius 3 is 2.86 bits per heavy atom. The molecule has 4 atom stereocenters. The topological polar surface area (TPSA) is 59.1 Å². The summed E-state index contributed by atoms with van der Waals surface area (Å²) in [6.45, 7) is 11.9. The van der Waals surface area contributed by atoms with Gasteiger partial charge in [0.2, 0.25) is 0 Å². The largest absolute Gasteiger partial charge is 0.485 e. The standard InChI is InChI=1S/C23H32N4O/c1-13(2)19-11-21-23(27-15(19)4)25-12-18(28-21)9-14(3)20-10-17-7-6-8-24-22(17)26-16(20)5/h6-8,11,13-14,16,18,20H,9-10,12H2,1-5H3,(H,24,26)(H,25,27)/t14-,16?,18?,20?/m0/s1. The number of pyridine rings is 2. The van der Waals surface area contributed by atoms with Gasteiger partial charge in [0.15, 0.2) is 11.6 Å². The molecule has 0 spiro atoms. The SMILES string of the molecule is Cc1nc2c(cc1C(C)C)OC(C[C@H](C)C1Cc3cccnc3NC1C)CN2. The van der Waals surface area contributed by atoms with Crippen molar-refractivity contribution in [2.75, 3.05) is 17.2 Å². The Balaban J connectivity index is 1.45. The molecule has 4 rings (SSSR count). The fraction of sp³-hybridized carbons (Fsp3) is 0.565. The fourth-order valence-electron chi connectivity index (χ4n) is 4.74. The monoisotopic (exact) mass is 380 g/mol. The minimum absolute atomic E-state index is 0.175. The number of rotatable bonds is 4. The van der Waals surface area contributed by atoms with Gasteiger partial charge in [0, 0.05) is 17.9 Å². The van der Waals surface area contributed by atoms with E-state index in [1.807, 2.05) is 12.3 Å². The number of ether oxygens (including phenoxy) is 1. The van der Waals surface area contributed by atoms with Crippen molar-refractivity contribution in [3.05, 3.63) is 41.2 Å². The van der Waals surface area contributed by atoms with Gasteiger partial charge >= 0.3 is 0 Å². The molecule has 5 nitrogen and oxygen atoms in total. The highest BCUT2D eigenvalue weighted by Gasteiger charge is 2.32. The Morgan fingerprint density at radius 1 is 1.25 bits per heavy atom. The molecule has 2 N–H and O–H groups in total. The molecule has 4 heterocycles. The Labute approximate surface area is 168 Å². The van der Waals surface area contributed by atoms with Gasteiger partial charge in [0.05, 0.1) is 6.54 Å². The second-order valence-electron chi connectivity index (χ2n) is 8.81. The number of aryl methyl sites for hydroxylation is 1. The lowest BCUT2D eigenvalue weighted by Gasteiger charge is -2.37. The average molecular weight is 381 g/mol. The summed E-state index contributed by atoms with van der Waals surface area (Å²) >= 11 is 0. The van der Waals surface area contributed by atoms with E-state index < -0.39 is 0 Å². The van der Waals surface area contributed by atoms with Crippen LogP contribution < -0.4 is 15.4 Å². The first-order valence-corrected chi connectivity index (χ1v) is 10.5. The van der Waals surface area contributed by atoms with E-state index in [-0.39, 0.29) is 6.10 Å². The van der Waals surface area contributed by atoms with Gasteiger partial charge in [-0.2, -0.15) is 0 Å². The predicted octanol–water partition coefficient (Wildman–Crippen LogP) is 4.78. The molecule has 0 amide bonds. The highest BCUT2D eigenvalue weighted by atomic mass is 16.5. The van der Waals surface area contributed by atoms with Crippen LogP contribution >= 0.6 is 0 Å². The summed E-state index contributed by atoms with van der Waals surface area (Å²) in [5.74, 6) is 4.41. The van der Waals surface area contributed by atoms with Gasteiger partial charge in [-0.25, -0.2) is 9.97 Å². The van der Waals surface area contributed by atoms with Crippen molar-refractivity contribution in [2.24, 2.45) is 11.8 Å². The number of anilines is 2. The molecular formula is C23H32N4O. The van der Waals surface area contributed by atoms with E-state index >= 15 is 0 Å². The van der Waals surface area contributed by atoms with Gasteiger partial charge in [-0.05, 0) is 67.7 Å². The second kappa shape index (κ2) is 7.61. The number of nitrogens with zero attached hydrogens (tertiary/aromatic N) is 2. The summed E-state index contributed by atoms with van der Waals surface area (Å²) < 4.78 is 6.39. The molecule has 2 aromatic rings. The molecule has 3 unspecified atom stereocenters. The zero-order chi connectivity index (χ0) is 19.8. The van der Waals surface area contributed by atoms with Crippen LogP contribution in [-0.2, 0) is 6.42 Å². The highest BCUT2D eigenvalue weighted by molar-refractivity contribution is 5.55. The molecule has 0 saturated heterocycles. The van der Waals surface area contributed by atoms with Gasteiger partial charge < -0.3 is 15.4 Å². The molecule has 0 aliphatic carbocycles. The predicted molar refractivity (Wildman–Crippen MR) is 114 cm³/mol. The molecule has 0 aromatic carbocycles. The Bertz CT molecular complexity index is 850. The normalized spacial score (nSPS) is 24.4. The van der Waals surface area contributed by atoms with Gasteiger partial charge in [0.1, 0.15) is 11.9 Å². The van der Waals surface area contributed by atoms with Crippen molar-refractivity contribution in [1.29, 1.82) is 0 Å². The molecule has 2 aliphatic rings. The summed E-state index contributed by atoms with van der Waals surface area (Å²) in [7, 11) is 0. The average Bonchev–Trinajstić information content (AvgIpc) is 2.66. The first-order valence-electron chi connectivity index (χ1n) is 10.5. The third kappa shape index (κ3) is 3.67. The highest BCUT2D eigenvalue weighted by Crippen LogP contribution is 2.36. The minimum atomic E-state index is 0.175. The van der Waals surface area contributed by atoms with Crippen LogP contribution in [0.4, 0.5) is 11.6 Å². The van der Waals surface area contributed by atoms with E-state index in [4.69, 9.17) is 9.72 Å². The summed E-state index contributed by atoms with van der Waals surface area (Å²) in [6.07, 6.45) is 4.15. The van der Waals surface area contributed by atoms with Crippen LogP contribution in [0, 0.1) is 18.8 Å². The van der Waals surface area contributed by atoms with Gasteiger partial charge in [-0.3, -0.25) is 0 Å². The Kier molecular flexibility index (Phi) is 5.17. The molecule has 2 aromatic heterocycles. The molecule has 5 heteroatoms. The Morgan fingerprint density at radius 2 is 2.07 bits per heavy atom. The fourth-order valence-corrected chi connectivity index (χ4v) is 4.74. The van der Waals surface area contributed by atoms with Crippen LogP contribution in [0.5, 0.6) is 5.75 Å². The number of nitrogens with one attached hydrogen (secondary N) is 2. The molecule has 0 bridgehead atoms. The summed E-state index contributed by atoms with van der Waals surface area (Å²) in [5.41, 5.74) is 3.68. The van der Waals surface area contributed by atoms with Gasteiger partial charge in [-0.1, -0.05) is 26.8 Å². The van der Waals surface area contributed by atoms with Crippen LogP contribution in [0.15, 0.2) is 24.4 Å². The number of aromatic nitrogens is 2. The molecule has 0 saturated carbocycles. The van der Waals surface area contributed by atoms with E-state index in [2.05, 4.69) is 62.4 Å². The number of hydrogen-bond donors (Lipinski definition) is 2. The zero-order valence-electron chi connectivity index (χ0n) is 17.6. The molecule has 28 heavy (non-hydrogen) atoms. The minimum Gasteiger partial charge on any atom is -0.485 e. The third-order valence-electron chi connectivity index (χ3n) is 6.35. The van der Waals surface area contributed by atoms with Crippen molar-refractivity contribution in [3.63, 3.8) is 0 Å². The second-order valence-corrected chi connectivity index (χ2v) is 8.81. The van der Waals surface area contributed by atoms with Gasteiger partial charge in [-0.15, -0.1) is 0 Å². The maximum absolute atomic E-state index is 6.39. The van der Waals surface area contributed by atoms with E-state index in [9.17, 15) is 0 Å². The van der Waals surface area contributed by atoms with Crippen molar-refractivity contribution < 1.29 is 4.74 Å². The zero-order valence-corrected chi connectivity index (χ0v) is 17.6. The first kappa shape index (κ1) is 19.0. The number of hydrogen-bond acceptors (Lipinski definition) is 5. The van der Waals surface area contributed by atoms with E-state index in [0.29, 0.717) is 23.8 Å². The smallest absolute Gasteiger partial charge is 0.169 e. The van der Waals surface area contributed by atoms with E-state index in [0.717, 1.165) is 42.5 Å². The Hall–Kier alpha value is -2.30. The lowest BCUT2D eigenvalue weighted by atomic mass is 9.78. The molecule has 0 radical (unpaired) electrons. The molecule has 150 valence electrons. The maximum Gasteiger partial charge on any atom is 0.169 e. The maximum atomic E-state index is 6.39. The van der Waals surface area contributed by atoms with Crippen LogP contribution in [0.25, 0.3) is 0 Å². The molecular weight excluding hydrogens is 348 g/mol. The first-order chi connectivity index (χ1) is 13.4. The van der Waals surface area contributed by atoms with Gasteiger partial charge in [0.25, 0.3) is 0 Å². The van der Waals surface area contributed by atoms with E-state index in [1.54, 1.807) is 0 Å². The lowest BCUT2D eigenvalue weighted by molar-refractivity contribution is 0.149. The summed E-state index contributed by atoms with van der Waals surface area (Å²) in [6, 6.07) is 6.82. The lowest BCUT2D eigenvalue weighted by Crippen LogP contribution is -2.40. The van der Waals surface area contributed by atoms with Crippen molar-refractivity contribution >= 4 is 11.6 Å². The molecule has 2 aliphatic heterocycles. The van der Waals surface area contributed by atoms with Crippen molar-refractivity contribution in [3.8, 4) is 5.75 Å². The van der Waals surface area contributed by atoms with Crippen LogP contribution in [0.3, 0.4) is 0 Å². The summed E-state index contributed by atoms with van der Waals surface area (Å²) in [5, 5.41) is 7.09. The van der Waals surface area contributed by atoms with Crippen molar-refractivity contribution in [1.82, 2.24) is 9.97 Å². The van der Waals surface area contributed by atoms with Crippen LogP contribution in [0.2, 0.25) is 0 Å².